The normalized spacial score (nSPS) is 10.6. The van der Waals surface area contributed by atoms with Crippen molar-refractivity contribution in [2.24, 2.45) is 0 Å². The molecule has 2 unspecified atom stereocenters. The molecule has 0 aliphatic heterocycles. The molecule has 144 valence electrons. The summed E-state index contributed by atoms with van der Waals surface area (Å²) >= 11 is 5.99. The average Bonchev–Trinajstić information content (AvgIpc) is 2.67. The van der Waals surface area contributed by atoms with Crippen molar-refractivity contribution in [3.63, 3.8) is 0 Å². The number of methoxy groups -OCH3 is 1. The lowest BCUT2D eigenvalue weighted by atomic mass is 10.1. The predicted molar refractivity (Wildman–Crippen MR) is 120 cm³/mol. The number of aromatic nitrogens is 1. The van der Waals surface area contributed by atoms with Crippen molar-refractivity contribution in [2.45, 2.75) is 13.0 Å². The van der Waals surface area contributed by atoms with Crippen LogP contribution in [-0.2, 0) is 22.6 Å². The molecule has 1 aromatic heterocycles. The third-order valence-electron chi connectivity index (χ3n) is 4.18. The van der Waals surface area contributed by atoms with Gasteiger partial charge >= 0.3 is 5.97 Å². The number of halogens is 1. The number of hydrogen-bond donors (Lipinski definition) is 0. The van der Waals surface area contributed by atoms with E-state index in [0.717, 1.165) is 33.0 Å². The molecule has 0 N–H and O–H groups in total. The average molecular weight is 432 g/mol. The molecule has 0 spiro atoms. The van der Waals surface area contributed by atoms with Gasteiger partial charge < -0.3 is 9.47 Å². The van der Waals surface area contributed by atoms with Crippen molar-refractivity contribution >= 4 is 46.7 Å². The van der Waals surface area contributed by atoms with Gasteiger partial charge in [-0.05, 0) is 39.9 Å². The Kier molecular flexibility index (Phi) is 7.02. The maximum atomic E-state index is 11.5. The van der Waals surface area contributed by atoms with Crippen molar-refractivity contribution in [3.05, 3.63) is 70.7 Å². The van der Waals surface area contributed by atoms with E-state index in [4.69, 9.17) is 21.1 Å². The van der Waals surface area contributed by atoms with Crippen LogP contribution in [0.3, 0.4) is 0 Å². The van der Waals surface area contributed by atoms with Crippen LogP contribution >= 0.6 is 30.1 Å². The first-order chi connectivity index (χ1) is 13.5. The summed E-state index contributed by atoms with van der Waals surface area (Å²) in [5, 5.41) is 2.64. The summed E-state index contributed by atoms with van der Waals surface area (Å²) in [6.45, 7) is 0.401. The zero-order chi connectivity index (χ0) is 20.1. The third kappa shape index (κ3) is 5.29. The van der Waals surface area contributed by atoms with Crippen LogP contribution in [0.1, 0.15) is 11.1 Å². The van der Waals surface area contributed by atoms with Gasteiger partial charge in [0.25, 0.3) is 0 Å². The van der Waals surface area contributed by atoms with Crippen molar-refractivity contribution in [1.29, 1.82) is 0 Å². The molecule has 0 saturated heterocycles. The number of hydrogen-bond acceptors (Lipinski definition) is 4. The molecule has 0 aliphatic rings. The molecule has 0 bridgehead atoms. The number of ether oxygens (including phenoxy) is 2. The number of nitrogens with zero attached hydrogens (tertiary/aromatic N) is 1. The Balaban J connectivity index is 1.76. The van der Waals surface area contributed by atoms with Gasteiger partial charge in [-0.15, -0.1) is 18.5 Å². The third-order valence-corrected chi connectivity index (χ3v) is 5.43. The highest BCUT2D eigenvalue weighted by Crippen LogP contribution is 2.22. The molecular formula is C21H20ClNO3P2. The van der Waals surface area contributed by atoms with Gasteiger partial charge in [-0.3, -0.25) is 4.79 Å². The van der Waals surface area contributed by atoms with E-state index in [-0.39, 0.29) is 12.4 Å². The number of esters is 1. The minimum absolute atomic E-state index is 0.243. The van der Waals surface area contributed by atoms with E-state index in [1.54, 1.807) is 0 Å². The van der Waals surface area contributed by atoms with Crippen LogP contribution in [0.2, 0.25) is 5.02 Å². The molecule has 3 aromatic rings. The number of carbonyl (C=O) groups is 1. The first-order valence-electron chi connectivity index (χ1n) is 8.55. The van der Waals surface area contributed by atoms with E-state index in [1.807, 2.05) is 54.6 Å². The van der Waals surface area contributed by atoms with Crippen LogP contribution in [0.15, 0.2) is 54.6 Å². The second-order valence-corrected chi connectivity index (χ2v) is 7.85. The number of carbonyl (C=O) groups excluding carboxylic acids is 1. The van der Waals surface area contributed by atoms with Gasteiger partial charge in [-0.25, -0.2) is 4.98 Å². The fourth-order valence-corrected chi connectivity index (χ4v) is 3.79. The Morgan fingerprint density at radius 2 is 1.89 bits per heavy atom. The molecular weight excluding hydrogens is 412 g/mol. The summed E-state index contributed by atoms with van der Waals surface area (Å²) < 4.78 is 10.6. The second-order valence-electron chi connectivity index (χ2n) is 6.17. The maximum Gasteiger partial charge on any atom is 0.309 e. The van der Waals surface area contributed by atoms with Crippen LogP contribution in [0.4, 0.5) is 0 Å². The van der Waals surface area contributed by atoms with Gasteiger partial charge in [-0.2, -0.15) is 0 Å². The Morgan fingerprint density at radius 3 is 2.61 bits per heavy atom. The van der Waals surface area contributed by atoms with Crippen molar-refractivity contribution < 1.29 is 14.3 Å². The SMILES string of the molecule is COC(=O)Cc1ccc(-c2cccc(OCc3ccc(Cl)cc3P)n2)c(P)c1. The lowest BCUT2D eigenvalue weighted by Gasteiger charge is -2.11. The summed E-state index contributed by atoms with van der Waals surface area (Å²) in [5.74, 6) is 0.279. The zero-order valence-electron chi connectivity index (χ0n) is 15.3. The Morgan fingerprint density at radius 1 is 1.07 bits per heavy atom. The quantitative estimate of drug-likeness (QED) is 0.441. The van der Waals surface area contributed by atoms with Gasteiger partial charge in [0, 0.05) is 16.7 Å². The molecule has 1 heterocycles. The summed E-state index contributed by atoms with van der Waals surface area (Å²) in [6, 6.07) is 17.1. The highest BCUT2D eigenvalue weighted by molar-refractivity contribution is 7.28. The Labute approximate surface area is 174 Å². The molecule has 0 fully saturated rings. The second kappa shape index (κ2) is 9.47. The van der Waals surface area contributed by atoms with E-state index < -0.39 is 0 Å². The van der Waals surface area contributed by atoms with Crippen molar-refractivity contribution in [3.8, 4) is 17.1 Å². The molecule has 4 nitrogen and oxygen atoms in total. The first-order valence-corrected chi connectivity index (χ1v) is 10.1. The van der Waals surface area contributed by atoms with E-state index in [0.29, 0.717) is 17.5 Å². The number of rotatable bonds is 6. The number of pyridine rings is 1. The van der Waals surface area contributed by atoms with Crippen LogP contribution < -0.4 is 15.3 Å². The van der Waals surface area contributed by atoms with Gasteiger partial charge in [-0.1, -0.05) is 41.9 Å². The van der Waals surface area contributed by atoms with E-state index in [2.05, 4.69) is 23.5 Å². The Hall–Kier alpha value is -1.99. The van der Waals surface area contributed by atoms with Gasteiger partial charge in [0.2, 0.25) is 5.88 Å². The highest BCUT2D eigenvalue weighted by Gasteiger charge is 2.09. The summed E-state index contributed by atoms with van der Waals surface area (Å²) in [7, 11) is 6.75. The largest absolute Gasteiger partial charge is 0.473 e. The predicted octanol–water partition coefficient (Wildman–Crippen LogP) is 3.70. The van der Waals surface area contributed by atoms with Crippen molar-refractivity contribution in [2.75, 3.05) is 7.11 Å². The maximum absolute atomic E-state index is 11.5. The van der Waals surface area contributed by atoms with Crippen LogP contribution in [0, 0.1) is 0 Å². The summed E-state index contributed by atoms with van der Waals surface area (Å²) in [4.78, 5) is 16.1. The molecule has 2 atom stereocenters. The fraction of sp³-hybridized carbons (Fsp3) is 0.143. The lowest BCUT2D eigenvalue weighted by Crippen LogP contribution is -2.08. The number of benzene rings is 2. The molecule has 2 aromatic carbocycles. The molecule has 7 heteroatoms. The molecule has 0 radical (unpaired) electrons. The molecule has 0 amide bonds. The van der Waals surface area contributed by atoms with Gasteiger partial charge in [0.05, 0.1) is 19.2 Å². The van der Waals surface area contributed by atoms with E-state index in [9.17, 15) is 4.79 Å². The van der Waals surface area contributed by atoms with E-state index >= 15 is 0 Å². The van der Waals surface area contributed by atoms with E-state index in [1.165, 1.54) is 7.11 Å². The molecule has 28 heavy (non-hydrogen) atoms. The van der Waals surface area contributed by atoms with Crippen molar-refractivity contribution in [1.82, 2.24) is 4.98 Å². The molecule has 0 saturated carbocycles. The standard InChI is InChI=1S/C21H20ClNO3P2/c1-25-21(24)10-13-5-8-16(19(28)9-13)17-3-2-4-20(23-17)26-12-14-6-7-15(22)11-18(14)27/h2-9,11H,10,12,27-28H2,1H3. The summed E-state index contributed by atoms with van der Waals surface area (Å²) in [6.07, 6.45) is 0.243. The fourth-order valence-electron chi connectivity index (χ4n) is 2.69. The van der Waals surface area contributed by atoms with Gasteiger partial charge in [0.15, 0.2) is 0 Å². The van der Waals surface area contributed by atoms with Gasteiger partial charge in [0.1, 0.15) is 6.61 Å². The Bertz CT molecular complexity index is 1010. The van der Waals surface area contributed by atoms with Crippen LogP contribution in [0.25, 0.3) is 11.3 Å². The lowest BCUT2D eigenvalue weighted by molar-refractivity contribution is -0.139. The van der Waals surface area contributed by atoms with Crippen LogP contribution in [0.5, 0.6) is 5.88 Å². The molecule has 0 aliphatic carbocycles. The van der Waals surface area contributed by atoms with Crippen LogP contribution in [-0.4, -0.2) is 18.1 Å². The molecule has 3 rings (SSSR count). The minimum Gasteiger partial charge on any atom is -0.473 e. The smallest absolute Gasteiger partial charge is 0.309 e. The monoisotopic (exact) mass is 431 g/mol. The zero-order valence-corrected chi connectivity index (χ0v) is 18.4. The topological polar surface area (TPSA) is 48.4 Å². The minimum atomic E-state index is -0.263. The highest BCUT2D eigenvalue weighted by atomic mass is 35.5. The first kappa shape index (κ1) is 20.7. The summed E-state index contributed by atoms with van der Waals surface area (Å²) in [5.41, 5.74) is 3.68.